The van der Waals surface area contributed by atoms with E-state index < -0.39 is 0 Å². The van der Waals surface area contributed by atoms with Crippen LogP contribution >= 0.6 is 0 Å². The maximum absolute atomic E-state index is 14.0. The number of carbonyl (C=O) groups is 2. The molecule has 0 saturated carbocycles. The standard InChI is InChI=1S/C17H21FN4O2/c18-12-4-3-10(9-14(12)22-7-5-15(22)23)8-13-16-11(2-1-6-19-16)17(24)21-20-13/h3-4,9,11,13,16,19-20H,1-2,5-8H2,(H,21,24). The average molecular weight is 332 g/mol. The molecule has 7 heteroatoms. The molecule has 1 aromatic rings. The topological polar surface area (TPSA) is 73.5 Å². The predicted octanol–water partition coefficient (Wildman–Crippen LogP) is 0.476. The summed E-state index contributed by atoms with van der Waals surface area (Å²) in [5, 5.41) is 3.44. The molecule has 24 heavy (non-hydrogen) atoms. The molecule has 3 saturated heterocycles. The lowest BCUT2D eigenvalue weighted by molar-refractivity contribution is -0.131. The highest BCUT2D eigenvalue weighted by Crippen LogP contribution is 2.28. The molecule has 3 fully saturated rings. The molecular weight excluding hydrogens is 311 g/mol. The number of amides is 2. The van der Waals surface area contributed by atoms with Crippen LogP contribution in [0.2, 0.25) is 0 Å². The van der Waals surface area contributed by atoms with Gasteiger partial charge in [-0.05, 0) is 43.5 Å². The summed E-state index contributed by atoms with van der Waals surface area (Å²) in [5.74, 6) is -0.398. The first-order valence-electron chi connectivity index (χ1n) is 8.51. The Morgan fingerprint density at radius 2 is 2.17 bits per heavy atom. The lowest BCUT2D eigenvalue weighted by Crippen LogP contribution is -2.67. The van der Waals surface area contributed by atoms with Crippen LogP contribution in [0.15, 0.2) is 18.2 Å². The van der Waals surface area contributed by atoms with Crippen LogP contribution in [0.1, 0.15) is 24.8 Å². The third kappa shape index (κ3) is 2.67. The van der Waals surface area contributed by atoms with Gasteiger partial charge < -0.3 is 10.2 Å². The largest absolute Gasteiger partial charge is 0.312 e. The van der Waals surface area contributed by atoms with Crippen LogP contribution in [-0.4, -0.2) is 37.0 Å². The number of halogens is 1. The van der Waals surface area contributed by atoms with Crippen molar-refractivity contribution in [2.75, 3.05) is 18.0 Å². The molecule has 0 aromatic heterocycles. The van der Waals surface area contributed by atoms with E-state index in [1.807, 2.05) is 0 Å². The molecule has 128 valence electrons. The van der Waals surface area contributed by atoms with E-state index in [1.165, 1.54) is 11.0 Å². The number of anilines is 1. The van der Waals surface area contributed by atoms with E-state index in [2.05, 4.69) is 16.2 Å². The Labute approximate surface area is 139 Å². The van der Waals surface area contributed by atoms with Crippen LogP contribution in [-0.2, 0) is 16.0 Å². The van der Waals surface area contributed by atoms with Crippen LogP contribution in [0.3, 0.4) is 0 Å². The first-order valence-corrected chi connectivity index (χ1v) is 8.51. The van der Waals surface area contributed by atoms with E-state index in [4.69, 9.17) is 0 Å². The lowest BCUT2D eigenvalue weighted by atomic mass is 9.82. The number of β-lactam (4-membered cyclic amide) rings is 1. The van der Waals surface area contributed by atoms with Crippen molar-refractivity contribution in [2.24, 2.45) is 5.92 Å². The maximum Gasteiger partial charge on any atom is 0.238 e. The Hall–Kier alpha value is -1.99. The van der Waals surface area contributed by atoms with E-state index >= 15 is 0 Å². The van der Waals surface area contributed by atoms with Crippen LogP contribution in [0, 0.1) is 11.7 Å². The molecule has 3 aliphatic rings. The van der Waals surface area contributed by atoms with Gasteiger partial charge in [-0.1, -0.05) is 6.07 Å². The number of rotatable bonds is 3. The van der Waals surface area contributed by atoms with Gasteiger partial charge in [-0.3, -0.25) is 15.0 Å². The normalized spacial score (nSPS) is 29.7. The average Bonchev–Trinajstić information content (AvgIpc) is 2.59. The molecule has 6 nitrogen and oxygen atoms in total. The van der Waals surface area contributed by atoms with Crippen molar-refractivity contribution < 1.29 is 14.0 Å². The molecule has 2 amide bonds. The minimum absolute atomic E-state index is 0.0260. The van der Waals surface area contributed by atoms with E-state index in [0.717, 1.165) is 24.9 Å². The van der Waals surface area contributed by atoms with Crippen LogP contribution in [0.4, 0.5) is 10.1 Å². The first kappa shape index (κ1) is 15.5. The summed E-state index contributed by atoms with van der Waals surface area (Å²) in [6, 6.07) is 5.04. The summed E-state index contributed by atoms with van der Waals surface area (Å²) in [7, 11) is 0. The maximum atomic E-state index is 14.0. The van der Waals surface area contributed by atoms with Crippen molar-refractivity contribution in [1.82, 2.24) is 16.2 Å². The van der Waals surface area contributed by atoms with Gasteiger partial charge in [0.2, 0.25) is 11.8 Å². The number of fused-ring (bicyclic) bond motifs is 1. The Kier molecular flexibility index (Phi) is 3.97. The number of benzene rings is 1. The molecular formula is C17H21FN4O2. The Morgan fingerprint density at radius 3 is 2.92 bits per heavy atom. The second-order valence-corrected chi connectivity index (χ2v) is 6.75. The number of carbonyl (C=O) groups excluding carboxylic acids is 2. The minimum Gasteiger partial charge on any atom is -0.312 e. The molecule has 3 N–H and O–H groups in total. The first-order chi connectivity index (χ1) is 11.6. The molecule has 3 aliphatic heterocycles. The zero-order valence-electron chi connectivity index (χ0n) is 13.3. The third-order valence-corrected chi connectivity index (χ3v) is 5.26. The highest BCUT2D eigenvalue weighted by molar-refractivity contribution is 5.99. The number of hydrogen-bond donors (Lipinski definition) is 3. The van der Waals surface area contributed by atoms with E-state index in [9.17, 15) is 14.0 Å². The molecule has 0 aliphatic carbocycles. The summed E-state index contributed by atoms with van der Waals surface area (Å²) in [6.07, 6.45) is 3.02. The predicted molar refractivity (Wildman–Crippen MR) is 86.7 cm³/mol. The smallest absolute Gasteiger partial charge is 0.238 e. The van der Waals surface area contributed by atoms with E-state index in [1.54, 1.807) is 12.1 Å². The quantitative estimate of drug-likeness (QED) is 0.704. The number of hydrogen-bond acceptors (Lipinski definition) is 4. The van der Waals surface area contributed by atoms with Crippen molar-refractivity contribution in [3.05, 3.63) is 29.6 Å². The van der Waals surface area contributed by atoms with Crippen molar-refractivity contribution in [1.29, 1.82) is 0 Å². The summed E-state index contributed by atoms with van der Waals surface area (Å²) >= 11 is 0. The molecule has 0 radical (unpaired) electrons. The van der Waals surface area contributed by atoms with Crippen LogP contribution in [0.25, 0.3) is 0 Å². The monoisotopic (exact) mass is 332 g/mol. The van der Waals surface area contributed by atoms with Gasteiger partial charge in [0.1, 0.15) is 5.82 Å². The zero-order chi connectivity index (χ0) is 16.7. The molecule has 1 aromatic carbocycles. The molecule has 3 unspecified atom stereocenters. The number of nitrogens with one attached hydrogen (secondary N) is 3. The SMILES string of the molecule is O=C1NNC(Cc2ccc(F)c(N3CCC3=O)c2)C2NCCCC12. The van der Waals surface area contributed by atoms with Crippen LogP contribution in [0.5, 0.6) is 0 Å². The van der Waals surface area contributed by atoms with E-state index in [0.29, 0.717) is 25.1 Å². The van der Waals surface area contributed by atoms with Crippen molar-refractivity contribution >= 4 is 17.5 Å². The van der Waals surface area contributed by atoms with Gasteiger partial charge in [0, 0.05) is 25.0 Å². The molecule has 3 atom stereocenters. The minimum atomic E-state index is -0.370. The Balaban J connectivity index is 1.53. The van der Waals surface area contributed by atoms with Crippen LogP contribution < -0.4 is 21.1 Å². The summed E-state index contributed by atoms with van der Waals surface area (Å²) in [6.45, 7) is 1.48. The van der Waals surface area contributed by atoms with Crippen molar-refractivity contribution in [3.8, 4) is 0 Å². The fraction of sp³-hybridized carbons (Fsp3) is 0.529. The number of nitrogens with zero attached hydrogens (tertiary/aromatic N) is 1. The highest BCUT2D eigenvalue weighted by Gasteiger charge is 2.40. The van der Waals surface area contributed by atoms with Gasteiger partial charge in [0.25, 0.3) is 0 Å². The van der Waals surface area contributed by atoms with Crippen molar-refractivity contribution in [3.63, 3.8) is 0 Å². The van der Waals surface area contributed by atoms with Gasteiger partial charge in [-0.2, -0.15) is 0 Å². The fourth-order valence-electron chi connectivity index (χ4n) is 3.87. The zero-order valence-corrected chi connectivity index (χ0v) is 13.3. The molecule has 0 spiro atoms. The Bertz CT molecular complexity index is 681. The second-order valence-electron chi connectivity index (χ2n) is 6.75. The van der Waals surface area contributed by atoms with Gasteiger partial charge >= 0.3 is 0 Å². The van der Waals surface area contributed by atoms with Gasteiger partial charge in [0.05, 0.1) is 11.6 Å². The van der Waals surface area contributed by atoms with Gasteiger partial charge in [-0.25, -0.2) is 9.82 Å². The summed E-state index contributed by atoms with van der Waals surface area (Å²) in [4.78, 5) is 25.1. The van der Waals surface area contributed by atoms with Crippen molar-refractivity contribution in [2.45, 2.75) is 37.8 Å². The molecule has 4 rings (SSSR count). The molecule has 3 heterocycles. The highest BCUT2D eigenvalue weighted by atomic mass is 19.1. The van der Waals surface area contributed by atoms with Gasteiger partial charge in [-0.15, -0.1) is 0 Å². The number of hydrazine groups is 1. The van der Waals surface area contributed by atoms with Gasteiger partial charge in [0.15, 0.2) is 0 Å². The summed E-state index contributed by atoms with van der Waals surface area (Å²) in [5.41, 5.74) is 7.15. The number of piperidine rings is 1. The second kappa shape index (κ2) is 6.14. The fourth-order valence-corrected chi connectivity index (χ4v) is 3.87. The lowest BCUT2D eigenvalue weighted by Gasteiger charge is -2.42. The molecule has 0 bridgehead atoms. The van der Waals surface area contributed by atoms with E-state index in [-0.39, 0.29) is 35.6 Å². The third-order valence-electron chi connectivity index (χ3n) is 5.26. The Morgan fingerprint density at radius 1 is 1.29 bits per heavy atom. The summed E-state index contributed by atoms with van der Waals surface area (Å²) < 4.78 is 14.0.